The van der Waals surface area contributed by atoms with Gasteiger partial charge < -0.3 is 19.3 Å². The Bertz CT molecular complexity index is 650. The van der Waals surface area contributed by atoms with Crippen LogP contribution in [-0.4, -0.2) is 47.6 Å². The Morgan fingerprint density at radius 1 is 1.32 bits per heavy atom. The van der Waals surface area contributed by atoms with Gasteiger partial charge in [-0.25, -0.2) is 4.79 Å². The van der Waals surface area contributed by atoms with E-state index in [2.05, 4.69) is 0 Å². The summed E-state index contributed by atoms with van der Waals surface area (Å²) in [7, 11) is 0. The molecule has 138 valence electrons. The number of esters is 2. The number of hydrogen-bond acceptors (Lipinski definition) is 6. The highest BCUT2D eigenvalue weighted by atomic mass is 16.6. The Morgan fingerprint density at radius 3 is 2.76 bits per heavy atom. The largest absolute Gasteiger partial charge is 0.466 e. The third kappa shape index (κ3) is 2.16. The first-order chi connectivity index (χ1) is 11.8. The van der Waals surface area contributed by atoms with E-state index in [1.807, 2.05) is 13.8 Å². The summed E-state index contributed by atoms with van der Waals surface area (Å²) in [6.07, 6.45) is 2.05. The van der Waals surface area contributed by atoms with E-state index in [9.17, 15) is 14.7 Å². The van der Waals surface area contributed by atoms with Crippen molar-refractivity contribution in [3.8, 4) is 0 Å². The molecular formula is C19H26O6. The molecule has 4 aliphatic rings. The molecule has 0 spiro atoms. The normalized spacial score (nSPS) is 41.7. The number of hydrogen-bond donors (Lipinski definition) is 1. The Kier molecular flexibility index (Phi) is 3.78. The van der Waals surface area contributed by atoms with Crippen molar-refractivity contribution in [1.82, 2.24) is 0 Å². The topological polar surface area (TPSA) is 82.1 Å². The highest BCUT2D eigenvalue weighted by molar-refractivity contribution is 5.93. The van der Waals surface area contributed by atoms with Gasteiger partial charge >= 0.3 is 11.9 Å². The van der Waals surface area contributed by atoms with Gasteiger partial charge in [0.1, 0.15) is 5.60 Å². The highest BCUT2D eigenvalue weighted by Crippen LogP contribution is 2.62. The molecule has 0 aromatic carbocycles. The number of aliphatic hydroxyl groups excluding tert-OH is 1. The molecule has 1 aliphatic carbocycles. The van der Waals surface area contributed by atoms with Crippen LogP contribution in [0.2, 0.25) is 0 Å². The molecule has 0 radical (unpaired) electrons. The van der Waals surface area contributed by atoms with E-state index in [-0.39, 0.29) is 18.5 Å². The summed E-state index contributed by atoms with van der Waals surface area (Å²) in [6.45, 7) is 5.91. The minimum absolute atomic E-state index is 0.285. The molecule has 2 fully saturated rings. The maximum absolute atomic E-state index is 12.8. The van der Waals surface area contributed by atoms with Gasteiger partial charge in [-0.2, -0.15) is 0 Å². The first-order valence-electron chi connectivity index (χ1n) is 9.28. The number of cyclic esters (lactones) is 1. The SMILES string of the molecule is CCOC(=O)[C@H]1C(C)(C)[C@H]2O[C@]1([C@H]1OC(=O)C3=C1CCCC3)C[C@@H]2O. The van der Waals surface area contributed by atoms with Gasteiger partial charge in [-0.05, 0) is 38.2 Å². The molecule has 5 atom stereocenters. The summed E-state index contributed by atoms with van der Waals surface area (Å²) in [5, 5.41) is 10.5. The molecule has 3 heterocycles. The smallest absolute Gasteiger partial charge is 0.334 e. The second-order valence-electron chi connectivity index (χ2n) is 8.27. The number of ether oxygens (including phenoxy) is 3. The van der Waals surface area contributed by atoms with Crippen LogP contribution in [-0.2, 0) is 23.8 Å². The second kappa shape index (κ2) is 5.55. The van der Waals surface area contributed by atoms with Crippen LogP contribution >= 0.6 is 0 Å². The van der Waals surface area contributed by atoms with Crippen LogP contribution < -0.4 is 0 Å². The lowest BCUT2D eigenvalue weighted by molar-refractivity contribution is -0.171. The van der Waals surface area contributed by atoms with E-state index in [1.54, 1.807) is 6.92 Å². The Hall–Kier alpha value is -1.40. The molecule has 6 nitrogen and oxygen atoms in total. The Morgan fingerprint density at radius 2 is 2.04 bits per heavy atom. The minimum Gasteiger partial charge on any atom is -0.466 e. The quantitative estimate of drug-likeness (QED) is 0.783. The van der Waals surface area contributed by atoms with Crippen LogP contribution in [0.5, 0.6) is 0 Å². The monoisotopic (exact) mass is 350 g/mol. The summed E-state index contributed by atoms with van der Waals surface area (Å²) in [5.74, 6) is -1.19. The predicted molar refractivity (Wildman–Crippen MR) is 87.5 cm³/mol. The number of aliphatic hydroxyl groups is 1. The number of carbonyl (C=O) groups is 2. The van der Waals surface area contributed by atoms with Crippen molar-refractivity contribution in [3.63, 3.8) is 0 Å². The number of rotatable bonds is 3. The fourth-order valence-electron chi connectivity index (χ4n) is 5.57. The molecule has 0 amide bonds. The second-order valence-corrected chi connectivity index (χ2v) is 8.27. The molecule has 0 unspecified atom stereocenters. The van der Waals surface area contributed by atoms with Crippen molar-refractivity contribution in [2.24, 2.45) is 11.3 Å². The van der Waals surface area contributed by atoms with Gasteiger partial charge in [-0.3, -0.25) is 4.79 Å². The maximum atomic E-state index is 12.8. The van der Waals surface area contributed by atoms with E-state index in [0.29, 0.717) is 6.42 Å². The lowest BCUT2D eigenvalue weighted by atomic mass is 9.60. The zero-order chi connectivity index (χ0) is 18.0. The van der Waals surface area contributed by atoms with Gasteiger partial charge in [0.05, 0.1) is 24.7 Å². The molecule has 0 saturated carbocycles. The van der Waals surface area contributed by atoms with Crippen molar-refractivity contribution in [1.29, 1.82) is 0 Å². The molecule has 0 aromatic rings. The maximum Gasteiger partial charge on any atom is 0.334 e. The molecule has 0 aromatic heterocycles. The van der Waals surface area contributed by atoms with Crippen LogP contribution in [0.25, 0.3) is 0 Å². The summed E-state index contributed by atoms with van der Waals surface area (Å²) >= 11 is 0. The molecule has 4 rings (SSSR count). The summed E-state index contributed by atoms with van der Waals surface area (Å²) in [5.41, 5.74) is 0.105. The third-order valence-corrected chi connectivity index (χ3v) is 6.45. The predicted octanol–water partition coefficient (Wildman–Crippen LogP) is 1.89. The Balaban J connectivity index is 1.79. The molecule has 2 saturated heterocycles. The number of carbonyl (C=O) groups excluding carboxylic acids is 2. The summed E-state index contributed by atoms with van der Waals surface area (Å²) in [6, 6.07) is 0. The van der Waals surface area contributed by atoms with Crippen LogP contribution in [0.4, 0.5) is 0 Å². The van der Waals surface area contributed by atoms with E-state index in [4.69, 9.17) is 14.2 Å². The zero-order valence-corrected chi connectivity index (χ0v) is 15.0. The van der Waals surface area contributed by atoms with E-state index < -0.39 is 35.2 Å². The summed E-state index contributed by atoms with van der Waals surface area (Å²) < 4.78 is 17.4. The van der Waals surface area contributed by atoms with Crippen LogP contribution in [0.15, 0.2) is 11.1 Å². The lowest BCUT2D eigenvalue weighted by Gasteiger charge is -2.43. The first-order valence-corrected chi connectivity index (χ1v) is 9.28. The average Bonchev–Trinajstić information content (AvgIpc) is 3.14. The Labute approximate surface area is 147 Å². The molecular weight excluding hydrogens is 324 g/mol. The van der Waals surface area contributed by atoms with Crippen molar-refractivity contribution >= 4 is 11.9 Å². The average molecular weight is 350 g/mol. The van der Waals surface area contributed by atoms with Crippen molar-refractivity contribution in [2.75, 3.05) is 6.61 Å². The fraction of sp³-hybridized carbons (Fsp3) is 0.789. The standard InChI is InChI=1S/C19H26O6/c1-4-23-17(22)13-18(2,3)15-12(20)9-19(13,25-15)14-10-7-5-6-8-11(10)16(21)24-14/h12-15,20H,4-9H2,1-3H3/t12-,13-,14-,15-,19+/m0/s1. The van der Waals surface area contributed by atoms with E-state index in [1.165, 1.54) is 0 Å². The van der Waals surface area contributed by atoms with Gasteiger partial charge in [-0.1, -0.05) is 13.8 Å². The van der Waals surface area contributed by atoms with E-state index >= 15 is 0 Å². The van der Waals surface area contributed by atoms with Gasteiger partial charge in [0.2, 0.25) is 0 Å². The first kappa shape index (κ1) is 17.0. The van der Waals surface area contributed by atoms with Crippen molar-refractivity contribution in [2.45, 2.75) is 76.8 Å². The van der Waals surface area contributed by atoms with Crippen LogP contribution in [0.3, 0.4) is 0 Å². The lowest BCUT2D eigenvalue weighted by Crippen LogP contribution is -2.57. The highest BCUT2D eigenvalue weighted by Gasteiger charge is 2.74. The van der Waals surface area contributed by atoms with Crippen LogP contribution in [0.1, 0.15) is 52.9 Å². The molecule has 6 heteroatoms. The zero-order valence-electron chi connectivity index (χ0n) is 15.0. The fourth-order valence-corrected chi connectivity index (χ4v) is 5.57. The third-order valence-electron chi connectivity index (χ3n) is 6.45. The van der Waals surface area contributed by atoms with Gasteiger partial charge in [0, 0.05) is 17.4 Å². The van der Waals surface area contributed by atoms with Crippen molar-refractivity contribution < 1.29 is 28.9 Å². The molecule has 2 bridgehead atoms. The van der Waals surface area contributed by atoms with Gasteiger partial charge in [0.15, 0.2) is 6.10 Å². The van der Waals surface area contributed by atoms with Crippen molar-refractivity contribution in [3.05, 3.63) is 11.1 Å². The summed E-state index contributed by atoms with van der Waals surface area (Å²) in [4.78, 5) is 25.2. The van der Waals surface area contributed by atoms with Gasteiger partial charge in [0.25, 0.3) is 0 Å². The van der Waals surface area contributed by atoms with Crippen LogP contribution in [0, 0.1) is 11.3 Å². The van der Waals surface area contributed by atoms with E-state index in [0.717, 1.165) is 36.8 Å². The number of fused-ring (bicyclic) bond motifs is 2. The minimum atomic E-state index is -1.02. The molecule has 1 N–H and O–H groups in total. The molecule has 25 heavy (non-hydrogen) atoms. The van der Waals surface area contributed by atoms with Gasteiger partial charge in [-0.15, -0.1) is 0 Å². The molecule has 3 aliphatic heterocycles.